The monoisotopic (exact) mass is 439 g/mol. The SMILES string of the molecule is O=C(Nc1cccc(CN2CCC(Cc3ccccc3)CC2)c1)Nc1ccc2[nH]ncc2c1. The van der Waals surface area contributed by atoms with Crippen LogP contribution in [-0.4, -0.2) is 34.2 Å². The fourth-order valence-corrected chi connectivity index (χ4v) is 4.62. The Morgan fingerprint density at radius 2 is 1.67 bits per heavy atom. The van der Waals surface area contributed by atoms with E-state index < -0.39 is 0 Å². The maximum absolute atomic E-state index is 12.5. The number of aromatic amines is 1. The highest BCUT2D eigenvalue weighted by Crippen LogP contribution is 2.23. The van der Waals surface area contributed by atoms with E-state index in [1.807, 2.05) is 30.3 Å². The van der Waals surface area contributed by atoms with E-state index in [2.05, 4.69) is 68.2 Å². The predicted molar refractivity (Wildman–Crippen MR) is 133 cm³/mol. The number of carbonyl (C=O) groups is 1. The van der Waals surface area contributed by atoms with Crippen LogP contribution in [0, 0.1) is 5.92 Å². The van der Waals surface area contributed by atoms with E-state index in [1.165, 1.54) is 30.4 Å². The van der Waals surface area contributed by atoms with Gasteiger partial charge in [-0.05, 0) is 79.7 Å². The van der Waals surface area contributed by atoms with Crippen LogP contribution in [0.3, 0.4) is 0 Å². The molecule has 3 aromatic carbocycles. The van der Waals surface area contributed by atoms with Crippen molar-refractivity contribution in [2.75, 3.05) is 23.7 Å². The average molecular weight is 440 g/mol. The van der Waals surface area contributed by atoms with Gasteiger partial charge in [0, 0.05) is 23.3 Å². The van der Waals surface area contributed by atoms with Gasteiger partial charge < -0.3 is 10.6 Å². The number of fused-ring (bicyclic) bond motifs is 1. The summed E-state index contributed by atoms with van der Waals surface area (Å²) in [5.74, 6) is 0.765. The number of anilines is 2. The summed E-state index contributed by atoms with van der Waals surface area (Å²) in [6.45, 7) is 3.14. The van der Waals surface area contributed by atoms with Crippen LogP contribution in [0.4, 0.5) is 16.2 Å². The van der Waals surface area contributed by atoms with E-state index in [-0.39, 0.29) is 6.03 Å². The van der Waals surface area contributed by atoms with Crippen molar-refractivity contribution >= 4 is 28.3 Å². The number of rotatable bonds is 6. The fraction of sp³-hybridized carbons (Fsp3) is 0.259. The van der Waals surface area contributed by atoms with E-state index in [4.69, 9.17) is 0 Å². The third-order valence-electron chi connectivity index (χ3n) is 6.36. The summed E-state index contributed by atoms with van der Waals surface area (Å²) in [6.07, 6.45) is 5.38. The molecule has 33 heavy (non-hydrogen) atoms. The minimum atomic E-state index is -0.253. The van der Waals surface area contributed by atoms with E-state index in [9.17, 15) is 4.79 Å². The van der Waals surface area contributed by atoms with Gasteiger partial charge in [-0.2, -0.15) is 5.10 Å². The number of likely N-dealkylation sites (tertiary alicyclic amines) is 1. The summed E-state index contributed by atoms with van der Waals surface area (Å²) in [7, 11) is 0. The van der Waals surface area contributed by atoms with Crippen molar-refractivity contribution in [2.45, 2.75) is 25.8 Å². The molecule has 6 nitrogen and oxygen atoms in total. The molecule has 0 unspecified atom stereocenters. The van der Waals surface area contributed by atoms with E-state index in [1.54, 1.807) is 6.20 Å². The second kappa shape index (κ2) is 9.88. The smallest absolute Gasteiger partial charge is 0.308 e. The van der Waals surface area contributed by atoms with Crippen LogP contribution in [-0.2, 0) is 13.0 Å². The second-order valence-electron chi connectivity index (χ2n) is 8.86. The third kappa shape index (κ3) is 5.59. The molecule has 1 aromatic heterocycles. The summed E-state index contributed by atoms with van der Waals surface area (Å²) in [6, 6.07) is 24.3. The molecular weight excluding hydrogens is 410 g/mol. The molecule has 1 fully saturated rings. The topological polar surface area (TPSA) is 73.1 Å². The number of urea groups is 1. The molecule has 1 saturated heterocycles. The zero-order valence-corrected chi connectivity index (χ0v) is 18.6. The predicted octanol–water partition coefficient (Wildman–Crippen LogP) is 5.66. The van der Waals surface area contributed by atoms with Gasteiger partial charge in [-0.25, -0.2) is 4.79 Å². The first-order valence-electron chi connectivity index (χ1n) is 11.6. The zero-order valence-electron chi connectivity index (χ0n) is 18.6. The Hall–Kier alpha value is -3.64. The van der Waals surface area contributed by atoms with Gasteiger partial charge in [-0.15, -0.1) is 0 Å². The van der Waals surface area contributed by atoms with Crippen molar-refractivity contribution in [1.82, 2.24) is 15.1 Å². The largest absolute Gasteiger partial charge is 0.323 e. The van der Waals surface area contributed by atoms with E-state index >= 15 is 0 Å². The second-order valence-corrected chi connectivity index (χ2v) is 8.86. The molecule has 0 bridgehead atoms. The lowest BCUT2D eigenvalue weighted by molar-refractivity contribution is 0.177. The summed E-state index contributed by atoms with van der Waals surface area (Å²) in [5, 5.41) is 13.7. The lowest BCUT2D eigenvalue weighted by atomic mass is 9.90. The summed E-state index contributed by atoms with van der Waals surface area (Å²) >= 11 is 0. The number of hydrogen-bond acceptors (Lipinski definition) is 3. The molecule has 2 heterocycles. The van der Waals surface area contributed by atoms with Gasteiger partial charge in [0.25, 0.3) is 0 Å². The number of nitrogens with one attached hydrogen (secondary N) is 3. The van der Waals surface area contributed by atoms with Crippen LogP contribution < -0.4 is 10.6 Å². The molecule has 1 aliphatic heterocycles. The Labute approximate surface area is 194 Å². The van der Waals surface area contributed by atoms with Crippen LogP contribution in [0.15, 0.2) is 79.0 Å². The highest BCUT2D eigenvalue weighted by molar-refractivity contribution is 6.00. The first-order valence-corrected chi connectivity index (χ1v) is 11.6. The van der Waals surface area contributed by atoms with E-state index in [0.29, 0.717) is 0 Å². The van der Waals surface area contributed by atoms with Crippen molar-refractivity contribution in [3.63, 3.8) is 0 Å². The molecule has 4 aromatic rings. The Balaban J connectivity index is 1.12. The molecular formula is C27H29N5O. The van der Waals surface area contributed by atoms with Crippen molar-refractivity contribution < 1.29 is 4.79 Å². The minimum absolute atomic E-state index is 0.253. The van der Waals surface area contributed by atoms with Crippen molar-refractivity contribution in [3.8, 4) is 0 Å². The molecule has 1 aliphatic rings. The molecule has 6 heteroatoms. The first kappa shape index (κ1) is 21.2. The maximum atomic E-state index is 12.5. The molecule has 0 atom stereocenters. The molecule has 5 rings (SSSR count). The Kier molecular flexibility index (Phi) is 6.35. The highest BCUT2D eigenvalue weighted by Gasteiger charge is 2.19. The van der Waals surface area contributed by atoms with Crippen molar-refractivity contribution in [3.05, 3.63) is 90.1 Å². The lowest BCUT2D eigenvalue weighted by Crippen LogP contribution is -2.33. The third-order valence-corrected chi connectivity index (χ3v) is 6.36. The summed E-state index contributed by atoms with van der Waals surface area (Å²) in [5.41, 5.74) is 5.13. The number of hydrogen-bond donors (Lipinski definition) is 3. The number of aromatic nitrogens is 2. The summed E-state index contributed by atoms with van der Waals surface area (Å²) < 4.78 is 0. The minimum Gasteiger partial charge on any atom is -0.308 e. The maximum Gasteiger partial charge on any atom is 0.323 e. The molecule has 0 spiro atoms. The number of nitrogens with zero attached hydrogens (tertiary/aromatic N) is 2. The number of benzene rings is 3. The molecule has 3 N–H and O–H groups in total. The Morgan fingerprint density at radius 3 is 2.48 bits per heavy atom. The van der Waals surface area contributed by atoms with Crippen LogP contribution >= 0.6 is 0 Å². The number of piperidine rings is 1. The Morgan fingerprint density at radius 1 is 0.909 bits per heavy atom. The van der Waals surface area contributed by atoms with Gasteiger partial charge in [-0.1, -0.05) is 42.5 Å². The number of carbonyl (C=O) groups excluding carboxylic acids is 1. The molecule has 0 saturated carbocycles. The standard InChI is InChI=1S/C27H29N5O/c33-27(30-25-9-10-26-23(17-25)18-28-31-26)29-24-8-4-7-22(16-24)19-32-13-11-21(12-14-32)15-20-5-2-1-3-6-20/h1-10,16-18,21H,11-15,19H2,(H,28,31)(H2,29,30,33). The van der Waals surface area contributed by atoms with Gasteiger partial charge >= 0.3 is 6.03 Å². The van der Waals surface area contributed by atoms with E-state index in [0.717, 1.165) is 47.8 Å². The van der Waals surface area contributed by atoms with Gasteiger partial charge in [0.05, 0.1) is 11.7 Å². The van der Waals surface area contributed by atoms with Gasteiger partial charge in [-0.3, -0.25) is 10.00 Å². The normalized spacial score (nSPS) is 14.9. The van der Waals surface area contributed by atoms with Crippen molar-refractivity contribution in [2.24, 2.45) is 5.92 Å². The Bertz CT molecular complexity index is 1210. The quantitative estimate of drug-likeness (QED) is 0.363. The van der Waals surface area contributed by atoms with Gasteiger partial charge in [0.15, 0.2) is 0 Å². The number of amides is 2. The van der Waals surface area contributed by atoms with Crippen LogP contribution in [0.25, 0.3) is 10.9 Å². The molecule has 2 amide bonds. The fourth-order valence-electron chi connectivity index (χ4n) is 4.62. The van der Waals surface area contributed by atoms with Crippen LogP contribution in [0.1, 0.15) is 24.0 Å². The van der Waals surface area contributed by atoms with Gasteiger partial charge in [0.1, 0.15) is 0 Å². The lowest BCUT2D eigenvalue weighted by Gasteiger charge is -2.32. The van der Waals surface area contributed by atoms with Crippen molar-refractivity contribution in [1.29, 1.82) is 0 Å². The van der Waals surface area contributed by atoms with Crippen LogP contribution in [0.2, 0.25) is 0 Å². The number of H-pyrrole nitrogens is 1. The molecule has 0 radical (unpaired) electrons. The summed E-state index contributed by atoms with van der Waals surface area (Å²) in [4.78, 5) is 15.0. The van der Waals surface area contributed by atoms with Crippen LogP contribution in [0.5, 0.6) is 0 Å². The molecule has 168 valence electrons. The zero-order chi connectivity index (χ0) is 22.5. The highest BCUT2D eigenvalue weighted by atomic mass is 16.2. The first-order chi connectivity index (χ1) is 16.2. The molecule has 0 aliphatic carbocycles. The average Bonchev–Trinajstić information content (AvgIpc) is 3.29. The van der Waals surface area contributed by atoms with Gasteiger partial charge in [0.2, 0.25) is 0 Å².